The molecule has 82 valence electrons. The van der Waals surface area contributed by atoms with Crippen molar-refractivity contribution in [2.75, 3.05) is 20.6 Å². The number of carbonyl (C=O) groups is 1. The summed E-state index contributed by atoms with van der Waals surface area (Å²) in [6, 6.07) is 0. The normalized spacial score (nSPS) is 9.57. The fraction of sp³-hybridized carbons (Fsp3) is 0.778. The first kappa shape index (κ1) is 12.7. The summed E-state index contributed by atoms with van der Waals surface area (Å²) in [5, 5.41) is 13.1. The first-order valence-corrected chi connectivity index (χ1v) is 4.77. The quantitative estimate of drug-likeness (QED) is 0.236. The molecule has 0 aromatic rings. The van der Waals surface area contributed by atoms with Crippen molar-refractivity contribution in [1.29, 1.82) is 0 Å². The minimum Gasteiger partial charge on any atom is -0.550 e. The van der Waals surface area contributed by atoms with Crippen LogP contribution in [0, 0.1) is 0 Å². The lowest BCUT2D eigenvalue weighted by atomic mass is 10.2. The number of guanidine groups is 1. The lowest BCUT2D eigenvalue weighted by molar-refractivity contribution is -0.467. The van der Waals surface area contributed by atoms with Crippen LogP contribution < -0.4 is 16.2 Å². The molecular formula is C9H19N3O2. The van der Waals surface area contributed by atoms with Crippen molar-refractivity contribution in [3.05, 3.63) is 0 Å². The second-order valence-corrected chi connectivity index (χ2v) is 3.39. The predicted octanol–water partition coefficient (Wildman–Crippen LogP) is -1.53. The minimum atomic E-state index is -0.975. The van der Waals surface area contributed by atoms with Gasteiger partial charge in [-0.1, -0.05) is 0 Å². The number of nitrogens with two attached hydrogens (primary N) is 1. The number of nitrogens with zero attached hydrogens (tertiary/aromatic N) is 1. The van der Waals surface area contributed by atoms with Gasteiger partial charge in [0.1, 0.15) is 0 Å². The summed E-state index contributed by atoms with van der Waals surface area (Å²) >= 11 is 0. The van der Waals surface area contributed by atoms with Crippen LogP contribution in [0.25, 0.3) is 0 Å². The van der Waals surface area contributed by atoms with Crippen molar-refractivity contribution in [2.45, 2.75) is 25.7 Å². The van der Waals surface area contributed by atoms with Gasteiger partial charge in [0.05, 0.1) is 20.6 Å². The van der Waals surface area contributed by atoms with Gasteiger partial charge in [-0.2, -0.15) is 0 Å². The lowest BCUT2D eigenvalue weighted by Gasteiger charge is -2.03. The van der Waals surface area contributed by atoms with Crippen LogP contribution in [0.5, 0.6) is 0 Å². The molecule has 0 unspecified atom stereocenters. The molecule has 0 heterocycles. The van der Waals surface area contributed by atoms with E-state index < -0.39 is 5.97 Å². The molecule has 0 atom stereocenters. The van der Waals surface area contributed by atoms with Crippen LogP contribution in [-0.4, -0.2) is 37.1 Å². The van der Waals surface area contributed by atoms with E-state index >= 15 is 0 Å². The lowest BCUT2D eigenvalue weighted by Crippen LogP contribution is -2.38. The maximum absolute atomic E-state index is 10.1. The molecule has 0 aliphatic heterocycles. The highest BCUT2D eigenvalue weighted by atomic mass is 16.4. The Morgan fingerprint density at radius 2 is 2.00 bits per heavy atom. The summed E-state index contributed by atoms with van der Waals surface area (Å²) in [7, 11) is 3.72. The van der Waals surface area contributed by atoms with Gasteiger partial charge < -0.3 is 9.90 Å². The molecular weight excluding hydrogens is 182 g/mol. The molecule has 0 aliphatic rings. The van der Waals surface area contributed by atoms with Crippen LogP contribution in [0.4, 0.5) is 0 Å². The molecule has 0 aromatic carbocycles. The number of unbranched alkanes of at least 4 members (excludes halogenated alkanes) is 2. The van der Waals surface area contributed by atoms with Crippen LogP contribution in [0.1, 0.15) is 25.7 Å². The summed E-state index contributed by atoms with van der Waals surface area (Å²) in [6.07, 6.45) is 2.61. The van der Waals surface area contributed by atoms with Gasteiger partial charge in [-0.05, 0) is 25.7 Å². The van der Waals surface area contributed by atoms with Crippen LogP contribution in [0.15, 0.2) is 0 Å². The van der Waals surface area contributed by atoms with Gasteiger partial charge in [0.25, 0.3) is 0 Å². The van der Waals surface area contributed by atoms with E-state index in [1.807, 2.05) is 14.1 Å². The van der Waals surface area contributed by atoms with E-state index in [2.05, 4.69) is 5.32 Å². The second kappa shape index (κ2) is 7.17. The third-order valence-electron chi connectivity index (χ3n) is 1.85. The van der Waals surface area contributed by atoms with Gasteiger partial charge in [-0.25, -0.2) is 0 Å². The fourth-order valence-corrected chi connectivity index (χ4v) is 0.946. The topological polar surface area (TPSA) is 81.2 Å². The van der Waals surface area contributed by atoms with Crippen molar-refractivity contribution >= 4 is 11.9 Å². The molecule has 0 amide bonds. The van der Waals surface area contributed by atoms with Crippen molar-refractivity contribution in [1.82, 2.24) is 5.32 Å². The molecule has 0 aliphatic carbocycles. The van der Waals surface area contributed by atoms with E-state index in [-0.39, 0.29) is 6.42 Å². The number of carbonyl (C=O) groups excluding carboxylic acids is 1. The number of hydrogen-bond acceptors (Lipinski definition) is 2. The molecule has 0 fully saturated rings. The number of carboxylic acid groups (broad SMARTS) is 1. The second-order valence-electron chi connectivity index (χ2n) is 3.39. The molecule has 0 radical (unpaired) electrons. The van der Waals surface area contributed by atoms with Crippen molar-refractivity contribution in [3.8, 4) is 0 Å². The zero-order chi connectivity index (χ0) is 11.0. The number of hydrogen-bond donors (Lipinski definition) is 2. The predicted molar refractivity (Wildman–Crippen MR) is 52.8 cm³/mol. The van der Waals surface area contributed by atoms with E-state index in [9.17, 15) is 9.90 Å². The highest BCUT2D eigenvalue weighted by Gasteiger charge is 1.98. The number of carboxylic acids is 1. The van der Waals surface area contributed by atoms with Crippen LogP contribution in [0.2, 0.25) is 0 Å². The fourth-order valence-electron chi connectivity index (χ4n) is 0.946. The highest BCUT2D eigenvalue weighted by Crippen LogP contribution is 1.97. The molecule has 0 rings (SSSR count). The first-order valence-electron chi connectivity index (χ1n) is 4.77. The van der Waals surface area contributed by atoms with E-state index in [1.54, 1.807) is 4.58 Å². The Bertz CT molecular complexity index is 210. The molecule has 5 heteroatoms. The molecule has 0 aromatic heterocycles. The summed E-state index contributed by atoms with van der Waals surface area (Å²) in [4.78, 5) is 10.1. The van der Waals surface area contributed by atoms with E-state index in [4.69, 9.17) is 5.73 Å². The zero-order valence-corrected chi connectivity index (χ0v) is 8.88. The third-order valence-corrected chi connectivity index (χ3v) is 1.85. The summed E-state index contributed by atoms with van der Waals surface area (Å²) in [6.45, 7) is 0.775. The molecule has 5 nitrogen and oxygen atoms in total. The maximum atomic E-state index is 10.1. The maximum Gasteiger partial charge on any atom is 0.342 e. The minimum absolute atomic E-state index is 0.146. The Morgan fingerprint density at radius 1 is 1.36 bits per heavy atom. The standard InChI is InChI=1S/C9H19N3O2/c1-12(2)9(10)11-7-5-3-4-6-8(13)14/h3-7H2,1-2H3,(H3,10,11,13,14). The monoisotopic (exact) mass is 201 g/mol. The number of rotatable bonds is 6. The average Bonchev–Trinajstić information content (AvgIpc) is 2.09. The average molecular weight is 201 g/mol. The van der Waals surface area contributed by atoms with Gasteiger partial charge in [0.2, 0.25) is 0 Å². The largest absolute Gasteiger partial charge is 0.550 e. The van der Waals surface area contributed by atoms with Crippen molar-refractivity contribution in [2.24, 2.45) is 5.73 Å². The smallest absolute Gasteiger partial charge is 0.342 e. The summed E-state index contributed by atoms with van der Waals surface area (Å²) in [5.74, 6) is -0.345. The van der Waals surface area contributed by atoms with Gasteiger partial charge in [0, 0.05) is 5.97 Å². The Labute approximate surface area is 84.6 Å². The Morgan fingerprint density at radius 3 is 2.50 bits per heavy atom. The van der Waals surface area contributed by atoms with Crippen LogP contribution in [-0.2, 0) is 4.79 Å². The third kappa shape index (κ3) is 7.39. The van der Waals surface area contributed by atoms with Gasteiger partial charge in [0.15, 0.2) is 0 Å². The van der Waals surface area contributed by atoms with Crippen molar-refractivity contribution < 1.29 is 14.5 Å². The molecule has 3 N–H and O–H groups in total. The van der Waals surface area contributed by atoms with Crippen LogP contribution in [0.3, 0.4) is 0 Å². The first-order chi connectivity index (χ1) is 6.54. The Balaban J connectivity index is 3.31. The van der Waals surface area contributed by atoms with E-state index in [1.165, 1.54) is 0 Å². The van der Waals surface area contributed by atoms with Crippen molar-refractivity contribution in [3.63, 3.8) is 0 Å². The van der Waals surface area contributed by atoms with Gasteiger partial charge in [-0.3, -0.25) is 15.6 Å². The number of nitrogens with one attached hydrogen (secondary N) is 1. The molecule has 0 bridgehead atoms. The SMILES string of the molecule is C[N+](C)=C(N)NCCCCCC(=O)[O-]. The van der Waals surface area contributed by atoms with Gasteiger partial charge >= 0.3 is 5.96 Å². The molecule has 14 heavy (non-hydrogen) atoms. The number of aliphatic carboxylic acids is 1. The molecule has 0 spiro atoms. The highest BCUT2D eigenvalue weighted by molar-refractivity contribution is 5.72. The Hall–Kier alpha value is -1.26. The van der Waals surface area contributed by atoms with E-state index in [0.717, 1.165) is 19.4 Å². The Kier molecular flexibility index (Phi) is 6.53. The molecule has 0 saturated carbocycles. The molecule has 0 saturated heterocycles. The summed E-state index contributed by atoms with van der Waals surface area (Å²) < 4.78 is 1.79. The van der Waals surface area contributed by atoms with E-state index in [0.29, 0.717) is 12.4 Å². The van der Waals surface area contributed by atoms with Crippen LogP contribution >= 0.6 is 0 Å². The zero-order valence-electron chi connectivity index (χ0n) is 8.88. The summed E-state index contributed by atoms with van der Waals surface area (Å²) in [5.41, 5.74) is 5.61. The van der Waals surface area contributed by atoms with Gasteiger partial charge in [-0.15, -0.1) is 0 Å².